The van der Waals surface area contributed by atoms with Crippen LogP contribution in [0.3, 0.4) is 0 Å². The molecule has 110 valence electrons. The van der Waals surface area contributed by atoms with Gasteiger partial charge in [0.1, 0.15) is 11.5 Å². The number of nitrogens with zero attached hydrogens (tertiary/aromatic N) is 1. The summed E-state index contributed by atoms with van der Waals surface area (Å²) < 4.78 is 10.9. The highest BCUT2D eigenvalue weighted by molar-refractivity contribution is 5.51. The molecule has 1 atom stereocenters. The highest BCUT2D eigenvalue weighted by Gasteiger charge is 2.33. The Labute approximate surface area is 120 Å². The molecule has 4 nitrogen and oxygen atoms in total. The standard InChI is InChI=1S/C16H23NO3/c1-19-14-7-8-15(20-2)16-12(14)9-17(10-13(16)18)11-5-3-4-6-11/h7-8,11,13,18H,3-6,9-10H2,1-2H3. The van der Waals surface area contributed by atoms with E-state index in [1.807, 2.05) is 12.1 Å². The van der Waals surface area contributed by atoms with Crippen LogP contribution in [-0.2, 0) is 6.54 Å². The van der Waals surface area contributed by atoms with Crippen molar-refractivity contribution in [3.63, 3.8) is 0 Å². The fourth-order valence-corrected chi connectivity index (χ4v) is 3.65. The van der Waals surface area contributed by atoms with Crippen molar-refractivity contribution >= 4 is 0 Å². The van der Waals surface area contributed by atoms with Crippen LogP contribution < -0.4 is 9.47 Å². The van der Waals surface area contributed by atoms with E-state index in [4.69, 9.17) is 9.47 Å². The molecule has 0 bridgehead atoms. The third-order valence-corrected chi connectivity index (χ3v) is 4.66. The minimum atomic E-state index is -0.496. The fraction of sp³-hybridized carbons (Fsp3) is 0.625. The molecule has 4 heteroatoms. The highest BCUT2D eigenvalue weighted by Crippen LogP contribution is 2.41. The number of aliphatic hydroxyl groups is 1. The van der Waals surface area contributed by atoms with Crippen LogP contribution in [0.4, 0.5) is 0 Å². The van der Waals surface area contributed by atoms with Crippen molar-refractivity contribution in [3.8, 4) is 11.5 Å². The van der Waals surface area contributed by atoms with E-state index in [1.165, 1.54) is 25.7 Å². The van der Waals surface area contributed by atoms with Crippen LogP contribution in [0.5, 0.6) is 11.5 Å². The first-order chi connectivity index (χ1) is 9.74. The summed E-state index contributed by atoms with van der Waals surface area (Å²) in [5.41, 5.74) is 1.98. The van der Waals surface area contributed by atoms with Crippen molar-refractivity contribution in [1.82, 2.24) is 4.90 Å². The molecule has 3 rings (SSSR count). The molecular weight excluding hydrogens is 254 g/mol. The lowest BCUT2D eigenvalue weighted by Crippen LogP contribution is -2.40. The fourth-order valence-electron chi connectivity index (χ4n) is 3.65. The summed E-state index contributed by atoms with van der Waals surface area (Å²) in [5.74, 6) is 1.61. The average Bonchev–Trinajstić information content (AvgIpc) is 3.00. The molecule has 1 aromatic rings. The summed E-state index contributed by atoms with van der Waals surface area (Å²) >= 11 is 0. The lowest BCUT2D eigenvalue weighted by Gasteiger charge is -2.37. The Bertz CT molecular complexity index is 483. The lowest BCUT2D eigenvalue weighted by molar-refractivity contribution is 0.0633. The predicted octanol–water partition coefficient (Wildman–Crippen LogP) is 2.50. The molecule has 20 heavy (non-hydrogen) atoms. The molecule has 0 radical (unpaired) electrons. The molecule has 0 saturated heterocycles. The van der Waals surface area contributed by atoms with Crippen molar-refractivity contribution in [2.45, 2.75) is 44.4 Å². The van der Waals surface area contributed by atoms with Gasteiger partial charge in [-0.15, -0.1) is 0 Å². The monoisotopic (exact) mass is 277 g/mol. The summed E-state index contributed by atoms with van der Waals surface area (Å²) in [6, 6.07) is 4.42. The smallest absolute Gasteiger partial charge is 0.125 e. The summed E-state index contributed by atoms with van der Waals surface area (Å²) in [4.78, 5) is 2.40. The van der Waals surface area contributed by atoms with Gasteiger partial charge in [0, 0.05) is 30.3 Å². The van der Waals surface area contributed by atoms with Crippen LogP contribution in [0.25, 0.3) is 0 Å². The second-order valence-corrected chi connectivity index (χ2v) is 5.75. The number of hydrogen-bond acceptors (Lipinski definition) is 4. The topological polar surface area (TPSA) is 41.9 Å². The van der Waals surface area contributed by atoms with Gasteiger partial charge in [-0.3, -0.25) is 4.90 Å². The molecule has 1 heterocycles. The van der Waals surface area contributed by atoms with Crippen molar-refractivity contribution in [2.75, 3.05) is 20.8 Å². The number of benzene rings is 1. The average molecular weight is 277 g/mol. The summed E-state index contributed by atoms with van der Waals surface area (Å²) in [6.45, 7) is 1.54. The quantitative estimate of drug-likeness (QED) is 0.921. The van der Waals surface area contributed by atoms with E-state index in [1.54, 1.807) is 14.2 Å². The maximum Gasteiger partial charge on any atom is 0.125 e. The van der Waals surface area contributed by atoms with E-state index >= 15 is 0 Å². The zero-order chi connectivity index (χ0) is 14.1. The van der Waals surface area contributed by atoms with Gasteiger partial charge in [0.25, 0.3) is 0 Å². The first-order valence-electron chi connectivity index (χ1n) is 7.40. The summed E-state index contributed by atoms with van der Waals surface area (Å²) in [5, 5.41) is 10.5. The van der Waals surface area contributed by atoms with Crippen LogP contribution in [0.15, 0.2) is 12.1 Å². The van der Waals surface area contributed by atoms with E-state index in [9.17, 15) is 5.11 Å². The van der Waals surface area contributed by atoms with Crippen LogP contribution in [0.1, 0.15) is 42.9 Å². The van der Waals surface area contributed by atoms with Crippen LogP contribution in [-0.4, -0.2) is 36.8 Å². The summed E-state index contributed by atoms with van der Waals surface area (Å²) in [7, 11) is 3.33. The number of ether oxygens (including phenoxy) is 2. The van der Waals surface area contributed by atoms with Gasteiger partial charge in [-0.25, -0.2) is 0 Å². The third kappa shape index (κ3) is 2.27. The van der Waals surface area contributed by atoms with E-state index in [0.29, 0.717) is 12.6 Å². The number of methoxy groups -OCH3 is 2. The summed E-state index contributed by atoms with van der Waals surface area (Å²) in [6.07, 6.45) is 4.60. The number of aliphatic hydroxyl groups excluding tert-OH is 1. The SMILES string of the molecule is COc1ccc(OC)c2c1CN(C1CCCC1)CC2O. The maximum absolute atomic E-state index is 10.5. The van der Waals surface area contributed by atoms with Crippen LogP contribution in [0.2, 0.25) is 0 Å². The van der Waals surface area contributed by atoms with Crippen molar-refractivity contribution < 1.29 is 14.6 Å². The molecule has 1 aromatic carbocycles. The van der Waals surface area contributed by atoms with Gasteiger partial charge in [0.05, 0.1) is 20.3 Å². The molecule has 1 aliphatic heterocycles. The minimum Gasteiger partial charge on any atom is -0.496 e. The largest absolute Gasteiger partial charge is 0.496 e. The third-order valence-electron chi connectivity index (χ3n) is 4.66. The second-order valence-electron chi connectivity index (χ2n) is 5.75. The zero-order valence-corrected chi connectivity index (χ0v) is 12.3. The van der Waals surface area contributed by atoms with Gasteiger partial charge < -0.3 is 14.6 Å². The van der Waals surface area contributed by atoms with Crippen LogP contribution >= 0.6 is 0 Å². The molecule has 0 spiro atoms. The maximum atomic E-state index is 10.5. The molecule has 2 aliphatic rings. The first-order valence-corrected chi connectivity index (χ1v) is 7.40. The Kier molecular flexibility index (Phi) is 3.85. The molecule has 0 aromatic heterocycles. The van der Waals surface area contributed by atoms with Gasteiger partial charge in [0.15, 0.2) is 0 Å². The van der Waals surface area contributed by atoms with Gasteiger partial charge in [-0.05, 0) is 25.0 Å². The van der Waals surface area contributed by atoms with E-state index in [-0.39, 0.29) is 0 Å². The highest BCUT2D eigenvalue weighted by atomic mass is 16.5. The second kappa shape index (κ2) is 5.62. The normalized spacial score (nSPS) is 23.6. The molecule has 1 unspecified atom stereocenters. The zero-order valence-electron chi connectivity index (χ0n) is 12.3. The van der Waals surface area contributed by atoms with Gasteiger partial charge in [-0.1, -0.05) is 12.8 Å². The van der Waals surface area contributed by atoms with E-state index in [2.05, 4.69) is 4.90 Å². The molecule has 1 saturated carbocycles. The minimum absolute atomic E-state index is 0.496. The first kappa shape index (κ1) is 13.7. The molecule has 1 fully saturated rings. The molecular formula is C16H23NO3. The number of rotatable bonds is 3. The Balaban J connectivity index is 1.96. The number of β-amino-alcohol motifs (C(OH)–C–C–N with tert-alkyl or cyclic N) is 1. The van der Waals surface area contributed by atoms with E-state index < -0.39 is 6.10 Å². The van der Waals surface area contributed by atoms with E-state index in [0.717, 1.165) is 29.2 Å². The Morgan fingerprint density at radius 3 is 2.40 bits per heavy atom. The van der Waals surface area contributed by atoms with Crippen LogP contribution in [0, 0.1) is 0 Å². The number of fused-ring (bicyclic) bond motifs is 1. The van der Waals surface area contributed by atoms with Gasteiger partial charge in [-0.2, -0.15) is 0 Å². The molecule has 1 N–H and O–H groups in total. The van der Waals surface area contributed by atoms with Gasteiger partial charge >= 0.3 is 0 Å². The number of hydrogen-bond donors (Lipinski definition) is 1. The van der Waals surface area contributed by atoms with Crippen molar-refractivity contribution in [2.24, 2.45) is 0 Å². The Morgan fingerprint density at radius 1 is 1.10 bits per heavy atom. The van der Waals surface area contributed by atoms with Crippen molar-refractivity contribution in [3.05, 3.63) is 23.3 Å². The lowest BCUT2D eigenvalue weighted by atomic mass is 9.94. The van der Waals surface area contributed by atoms with Gasteiger partial charge in [0.2, 0.25) is 0 Å². The predicted molar refractivity (Wildman–Crippen MR) is 77.2 cm³/mol. The molecule has 1 aliphatic carbocycles. The Hall–Kier alpha value is -1.26. The van der Waals surface area contributed by atoms with Crippen molar-refractivity contribution in [1.29, 1.82) is 0 Å². The Morgan fingerprint density at radius 2 is 1.75 bits per heavy atom. The molecule has 0 amide bonds.